The lowest BCUT2D eigenvalue weighted by molar-refractivity contribution is -0.291. The molecular formula is C37H77NO4. The third-order valence-corrected chi connectivity index (χ3v) is 7.95. The molecule has 5 heteroatoms. The number of carbonyl (C=O) groups excluding carboxylic acids is 1. The maximum Gasteiger partial charge on any atom is 0.219 e. The molecule has 254 valence electrons. The quantitative estimate of drug-likeness (QED) is 0.0438. The summed E-state index contributed by atoms with van der Waals surface area (Å²) in [5, 5.41) is 11.5. The summed E-state index contributed by atoms with van der Waals surface area (Å²) in [6.07, 6.45) is 38.1. The summed E-state index contributed by atoms with van der Waals surface area (Å²) in [6.45, 7) is 8.66. The number of unbranched alkanes of at least 4 members (excludes halogenated alkanes) is 25. The van der Waals surface area contributed by atoms with Crippen LogP contribution < -0.4 is 5.32 Å². The molecular weight excluding hydrogens is 522 g/mol. The highest BCUT2D eigenvalue weighted by molar-refractivity contribution is 5.75. The predicted molar refractivity (Wildman–Crippen MR) is 183 cm³/mol. The number of hydrogen-bond donors (Lipinski definition) is 2. The smallest absolute Gasteiger partial charge is 0.219 e. The van der Waals surface area contributed by atoms with Gasteiger partial charge in [-0.05, 0) is 26.2 Å². The predicted octanol–water partition coefficient (Wildman–Crippen LogP) is 11.4. The number of aliphatic hydroxyl groups is 1. The van der Waals surface area contributed by atoms with Crippen LogP contribution in [0.1, 0.15) is 207 Å². The summed E-state index contributed by atoms with van der Waals surface area (Å²) in [6, 6.07) is 0. The number of carbonyl (C=O) groups is 1. The monoisotopic (exact) mass is 600 g/mol. The average molecular weight is 600 g/mol. The highest BCUT2D eigenvalue weighted by atomic mass is 17.2. The molecule has 0 atom stereocenters. The number of rotatable bonds is 34. The van der Waals surface area contributed by atoms with Gasteiger partial charge in [-0.3, -0.25) is 4.79 Å². The van der Waals surface area contributed by atoms with Crippen LogP contribution in [0.3, 0.4) is 0 Å². The van der Waals surface area contributed by atoms with Crippen LogP contribution in [0, 0.1) is 0 Å². The van der Waals surface area contributed by atoms with Crippen LogP contribution in [0.15, 0.2) is 0 Å². The molecule has 0 aromatic heterocycles. The molecule has 0 aliphatic rings. The van der Waals surface area contributed by atoms with E-state index in [2.05, 4.69) is 19.2 Å². The van der Waals surface area contributed by atoms with Crippen LogP contribution in [0.4, 0.5) is 0 Å². The van der Waals surface area contributed by atoms with E-state index in [1.165, 1.54) is 161 Å². The fraction of sp³-hybridized carbons (Fsp3) is 0.973. The van der Waals surface area contributed by atoms with Crippen LogP contribution in [0.5, 0.6) is 0 Å². The molecule has 0 saturated carbocycles. The highest BCUT2D eigenvalue weighted by Gasteiger charge is 2.00. The highest BCUT2D eigenvalue weighted by Crippen LogP contribution is 2.14. The Morgan fingerprint density at radius 1 is 0.476 bits per heavy atom. The molecule has 0 aromatic carbocycles. The number of hydrogen-bond acceptors (Lipinski definition) is 4. The van der Waals surface area contributed by atoms with Crippen molar-refractivity contribution in [2.24, 2.45) is 0 Å². The molecule has 0 aliphatic heterocycles. The largest absolute Gasteiger partial charge is 0.396 e. The van der Waals surface area contributed by atoms with Crippen LogP contribution in [-0.2, 0) is 14.6 Å². The Balaban J connectivity index is 0. The lowest BCUT2D eigenvalue weighted by Gasteiger charge is -2.04. The molecule has 0 spiro atoms. The Morgan fingerprint density at radius 3 is 1.19 bits per heavy atom. The molecule has 0 bridgehead atoms. The summed E-state index contributed by atoms with van der Waals surface area (Å²) in [5.74, 6) is 0.136. The van der Waals surface area contributed by atoms with Gasteiger partial charge in [0, 0.05) is 19.6 Å². The molecule has 2 N–H and O–H groups in total. The second-order valence-corrected chi connectivity index (χ2v) is 12.2. The van der Waals surface area contributed by atoms with Crippen molar-refractivity contribution < 1.29 is 19.7 Å². The van der Waals surface area contributed by atoms with E-state index in [4.69, 9.17) is 14.9 Å². The van der Waals surface area contributed by atoms with Gasteiger partial charge in [0.05, 0.1) is 13.2 Å². The third kappa shape index (κ3) is 43.8. The second kappa shape index (κ2) is 42.5. The zero-order valence-corrected chi connectivity index (χ0v) is 29.0. The molecule has 0 rings (SSSR count). The van der Waals surface area contributed by atoms with Gasteiger partial charge in [0.25, 0.3) is 0 Å². The minimum absolute atomic E-state index is 0.136. The van der Waals surface area contributed by atoms with Crippen LogP contribution >= 0.6 is 0 Å². The van der Waals surface area contributed by atoms with Crippen molar-refractivity contribution in [3.05, 3.63) is 0 Å². The van der Waals surface area contributed by atoms with Crippen molar-refractivity contribution in [3.63, 3.8) is 0 Å². The Labute approximate surface area is 264 Å². The first kappa shape index (κ1) is 43.5. The molecule has 0 heterocycles. The molecule has 5 nitrogen and oxygen atoms in total. The standard InChI is InChI=1S/C19H39NO2.C18H38O2/c1-2-3-4-5-6-7-8-9-10-11-12-13-14-16-19(22)20-17-15-18-21;1-3-5-6-7-8-9-10-11-12-13-14-15-16-17-18-20-19-4-2/h21H,2-18H2,1H3,(H,20,22);3-18H2,1-2H3. The van der Waals surface area contributed by atoms with Gasteiger partial charge in [-0.15, -0.1) is 0 Å². The van der Waals surface area contributed by atoms with Crippen molar-refractivity contribution in [1.82, 2.24) is 5.32 Å². The summed E-state index contributed by atoms with van der Waals surface area (Å²) < 4.78 is 0. The fourth-order valence-electron chi connectivity index (χ4n) is 5.20. The summed E-state index contributed by atoms with van der Waals surface area (Å²) in [7, 11) is 0. The van der Waals surface area contributed by atoms with Gasteiger partial charge in [0.2, 0.25) is 5.91 Å². The summed E-state index contributed by atoms with van der Waals surface area (Å²) in [5.41, 5.74) is 0. The lowest BCUT2D eigenvalue weighted by atomic mass is 10.0. The molecule has 0 aromatic rings. The molecule has 0 fully saturated rings. The first-order chi connectivity index (χ1) is 20.7. The first-order valence-electron chi connectivity index (χ1n) is 18.8. The molecule has 0 radical (unpaired) electrons. The van der Waals surface area contributed by atoms with Gasteiger partial charge in [-0.1, -0.05) is 174 Å². The second-order valence-electron chi connectivity index (χ2n) is 12.2. The van der Waals surface area contributed by atoms with E-state index < -0.39 is 0 Å². The minimum atomic E-state index is 0.136. The van der Waals surface area contributed by atoms with E-state index in [1.54, 1.807) is 0 Å². The van der Waals surface area contributed by atoms with E-state index in [0.717, 1.165) is 19.4 Å². The average Bonchev–Trinajstić information content (AvgIpc) is 3.00. The maximum absolute atomic E-state index is 11.4. The number of amides is 1. The number of aliphatic hydroxyl groups excluding tert-OH is 1. The van der Waals surface area contributed by atoms with E-state index in [-0.39, 0.29) is 12.5 Å². The van der Waals surface area contributed by atoms with Crippen LogP contribution in [-0.4, -0.2) is 37.4 Å². The summed E-state index contributed by atoms with van der Waals surface area (Å²) >= 11 is 0. The van der Waals surface area contributed by atoms with Crippen molar-refractivity contribution in [2.45, 2.75) is 207 Å². The Bertz CT molecular complexity index is 457. The van der Waals surface area contributed by atoms with Crippen LogP contribution in [0.2, 0.25) is 0 Å². The van der Waals surface area contributed by atoms with Crippen molar-refractivity contribution in [1.29, 1.82) is 0 Å². The fourth-order valence-corrected chi connectivity index (χ4v) is 5.20. The SMILES string of the molecule is CCCCCCCCCCCCCCCC(=O)NCCCO.CCCCCCCCCCCCCCCCOOCC. The van der Waals surface area contributed by atoms with Crippen molar-refractivity contribution >= 4 is 5.91 Å². The maximum atomic E-state index is 11.4. The van der Waals surface area contributed by atoms with E-state index in [0.29, 0.717) is 26.0 Å². The number of nitrogens with one attached hydrogen (secondary N) is 1. The Hall–Kier alpha value is -0.650. The van der Waals surface area contributed by atoms with E-state index >= 15 is 0 Å². The first-order valence-corrected chi connectivity index (χ1v) is 18.8. The molecule has 0 unspecified atom stereocenters. The van der Waals surface area contributed by atoms with Gasteiger partial charge in [-0.25, -0.2) is 9.78 Å². The topological polar surface area (TPSA) is 67.8 Å². The van der Waals surface area contributed by atoms with Gasteiger partial charge < -0.3 is 10.4 Å². The molecule has 42 heavy (non-hydrogen) atoms. The molecule has 0 saturated heterocycles. The Morgan fingerprint density at radius 2 is 0.833 bits per heavy atom. The van der Waals surface area contributed by atoms with Gasteiger partial charge in [-0.2, -0.15) is 0 Å². The van der Waals surface area contributed by atoms with Crippen LogP contribution in [0.25, 0.3) is 0 Å². The van der Waals surface area contributed by atoms with E-state index in [1.807, 2.05) is 6.92 Å². The van der Waals surface area contributed by atoms with Gasteiger partial charge in [0.1, 0.15) is 0 Å². The normalized spacial score (nSPS) is 11.0. The molecule has 0 aliphatic carbocycles. The minimum Gasteiger partial charge on any atom is -0.396 e. The third-order valence-electron chi connectivity index (χ3n) is 7.95. The zero-order chi connectivity index (χ0) is 31.0. The summed E-state index contributed by atoms with van der Waals surface area (Å²) in [4.78, 5) is 21.3. The lowest BCUT2D eigenvalue weighted by Crippen LogP contribution is -2.24. The Kier molecular flexibility index (Phi) is 44.0. The van der Waals surface area contributed by atoms with Gasteiger partial charge >= 0.3 is 0 Å². The zero-order valence-electron chi connectivity index (χ0n) is 29.0. The molecule has 1 amide bonds. The van der Waals surface area contributed by atoms with Gasteiger partial charge in [0.15, 0.2) is 0 Å². The van der Waals surface area contributed by atoms with Crippen molar-refractivity contribution in [2.75, 3.05) is 26.4 Å². The van der Waals surface area contributed by atoms with E-state index in [9.17, 15) is 4.79 Å². The van der Waals surface area contributed by atoms with Crippen molar-refractivity contribution in [3.8, 4) is 0 Å².